The third kappa shape index (κ3) is 3.44. The van der Waals surface area contributed by atoms with Gasteiger partial charge in [-0.25, -0.2) is 4.98 Å². The van der Waals surface area contributed by atoms with Gasteiger partial charge in [-0.1, -0.05) is 51.1 Å². The van der Waals surface area contributed by atoms with Crippen LogP contribution >= 0.6 is 0 Å². The highest BCUT2D eigenvalue weighted by Gasteiger charge is 2.21. The summed E-state index contributed by atoms with van der Waals surface area (Å²) in [5.41, 5.74) is 1.34. The summed E-state index contributed by atoms with van der Waals surface area (Å²) in [4.78, 5) is 7.59. The first-order chi connectivity index (χ1) is 9.22. The Hall–Kier alpha value is -1.61. The van der Waals surface area contributed by atoms with Crippen molar-refractivity contribution >= 4 is 0 Å². The molecule has 2 rings (SSSR count). The summed E-state index contributed by atoms with van der Waals surface area (Å²) in [7, 11) is 0. The monoisotopic (exact) mass is 257 g/mol. The van der Waals surface area contributed by atoms with E-state index in [-0.39, 0.29) is 6.04 Å². The molecule has 0 radical (unpaired) electrons. The molecule has 102 valence electrons. The minimum atomic E-state index is 0.266. The van der Waals surface area contributed by atoms with Gasteiger partial charge in [0.25, 0.3) is 0 Å². The molecule has 1 aromatic carbocycles. The van der Waals surface area contributed by atoms with Crippen molar-refractivity contribution in [1.29, 1.82) is 0 Å². The maximum absolute atomic E-state index is 4.38. The van der Waals surface area contributed by atoms with Crippen LogP contribution in [-0.2, 0) is 0 Å². The third-order valence-electron chi connectivity index (χ3n) is 3.46. The lowest BCUT2D eigenvalue weighted by atomic mass is 9.95. The predicted molar refractivity (Wildman–Crippen MR) is 78.8 cm³/mol. The summed E-state index contributed by atoms with van der Waals surface area (Å²) in [5, 5.41) is 3.73. The largest absolute Gasteiger partial charge is 0.347 e. The molecule has 0 saturated carbocycles. The molecule has 0 aliphatic carbocycles. The van der Waals surface area contributed by atoms with Gasteiger partial charge >= 0.3 is 0 Å². The van der Waals surface area contributed by atoms with Gasteiger partial charge in [-0.2, -0.15) is 0 Å². The molecule has 2 N–H and O–H groups in total. The number of imidazole rings is 1. The molecular weight excluding hydrogens is 234 g/mol. The quantitative estimate of drug-likeness (QED) is 0.825. The molecule has 0 amide bonds. The summed E-state index contributed by atoms with van der Waals surface area (Å²) in [5.74, 6) is 1.55. The van der Waals surface area contributed by atoms with E-state index >= 15 is 0 Å². The lowest BCUT2D eigenvalue weighted by Crippen LogP contribution is -2.30. The number of aromatic nitrogens is 2. The lowest BCUT2D eigenvalue weighted by molar-refractivity contribution is 0.349. The summed E-state index contributed by atoms with van der Waals surface area (Å²) in [6.07, 6.45) is 4.71. The molecule has 3 nitrogen and oxygen atoms in total. The third-order valence-corrected chi connectivity index (χ3v) is 3.46. The highest BCUT2D eigenvalue weighted by Crippen LogP contribution is 2.26. The minimum Gasteiger partial charge on any atom is -0.347 e. The fraction of sp³-hybridized carbons (Fsp3) is 0.438. The van der Waals surface area contributed by atoms with Gasteiger partial charge in [0, 0.05) is 18.4 Å². The van der Waals surface area contributed by atoms with Gasteiger partial charge in [0.2, 0.25) is 0 Å². The molecule has 2 unspecified atom stereocenters. The summed E-state index contributed by atoms with van der Waals surface area (Å²) in [6, 6.07) is 11.2. The summed E-state index contributed by atoms with van der Waals surface area (Å²) < 4.78 is 0. The van der Waals surface area contributed by atoms with Crippen LogP contribution in [0.1, 0.15) is 50.7 Å². The predicted octanol–water partition coefficient (Wildman–Crippen LogP) is 3.85. The van der Waals surface area contributed by atoms with E-state index in [9.17, 15) is 0 Å². The summed E-state index contributed by atoms with van der Waals surface area (Å²) >= 11 is 0. The van der Waals surface area contributed by atoms with Crippen LogP contribution in [0.2, 0.25) is 0 Å². The normalized spacial score (nSPS) is 14.5. The average molecular weight is 257 g/mol. The topological polar surface area (TPSA) is 40.7 Å². The highest BCUT2D eigenvalue weighted by molar-refractivity contribution is 5.20. The van der Waals surface area contributed by atoms with Crippen LogP contribution in [0.15, 0.2) is 42.7 Å². The molecule has 1 heterocycles. The Labute approximate surface area is 115 Å². The van der Waals surface area contributed by atoms with E-state index in [1.165, 1.54) is 5.56 Å². The van der Waals surface area contributed by atoms with Crippen LogP contribution in [-0.4, -0.2) is 9.97 Å². The fourth-order valence-electron chi connectivity index (χ4n) is 2.41. The van der Waals surface area contributed by atoms with Crippen LogP contribution in [0.3, 0.4) is 0 Å². The van der Waals surface area contributed by atoms with Crippen molar-refractivity contribution in [3.63, 3.8) is 0 Å². The van der Waals surface area contributed by atoms with Crippen molar-refractivity contribution in [2.75, 3.05) is 0 Å². The zero-order valence-electron chi connectivity index (χ0n) is 11.9. The van der Waals surface area contributed by atoms with E-state index in [4.69, 9.17) is 0 Å². The van der Waals surface area contributed by atoms with Gasteiger partial charge in [-0.3, -0.25) is 0 Å². The average Bonchev–Trinajstić information content (AvgIpc) is 2.94. The van der Waals surface area contributed by atoms with E-state index in [0.717, 1.165) is 12.2 Å². The SMILES string of the molecule is CCC(NC(c1ccccc1)C(C)C)c1ncc[nH]1. The smallest absolute Gasteiger partial charge is 0.123 e. The molecule has 0 bridgehead atoms. The first-order valence-corrected chi connectivity index (χ1v) is 7.02. The van der Waals surface area contributed by atoms with Crippen LogP contribution in [0.25, 0.3) is 0 Å². The molecule has 0 fully saturated rings. The number of benzene rings is 1. The molecule has 1 aromatic heterocycles. The van der Waals surface area contributed by atoms with Gasteiger partial charge in [0.15, 0.2) is 0 Å². The Kier molecular flexibility index (Phi) is 4.74. The zero-order valence-corrected chi connectivity index (χ0v) is 11.9. The number of nitrogens with zero attached hydrogens (tertiary/aromatic N) is 1. The molecule has 0 aliphatic rings. The van der Waals surface area contributed by atoms with Gasteiger partial charge in [-0.05, 0) is 17.9 Å². The van der Waals surface area contributed by atoms with Crippen molar-refractivity contribution in [3.05, 3.63) is 54.1 Å². The summed E-state index contributed by atoms with van der Waals surface area (Å²) in [6.45, 7) is 6.68. The molecule has 0 spiro atoms. The highest BCUT2D eigenvalue weighted by atomic mass is 15.0. The minimum absolute atomic E-state index is 0.266. The Morgan fingerprint density at radius 1 is 1.21 bits per heavy atom. The molecule has 3 heteroatoms. The second-order valence-corrected chi connectivity index (χ2v) is 5.23. The van der Waals surface area contributed by atoms with Crippen LogP contribution in [0.5, 0.6) is 0 Å². The molecular formula is C16H23N3. The standard InChI is InChI=1S/C16H23N3/c1-4-14(16-17-10-11-18-16)19-15(12(2)3)13-8-6-5-7-9-13/h5-12,14-15,19H,4H2,1-3H3,(H,17,18). The van der Waals surface area contributed by atoms with Crippen molar-refractivity contribution in [1.82, 2.24) is 15.3 Å². The number of rotatable bonds is 6. The van der Waals surface area contributed by atoms with E-state index in [2.05, 4.69) is 66.4 Å². The molecule has 0 saturated heterocycles. The number of hydrogen-bond acceptors (Lipinski definition) is 2. The Morgan fingerprint density at radius 3 is 2.47 bits per heavy atom. The Balaban J connectivity index is 2.17. The van der Waals surface area contributed by atoms with Gasteiger partial charge in [0.05, 0.1) is 6.04 Å². The molecule has 2 atom stereocenters. The number of H-pyrrole nitrogens is 1. The molecule has 0 aliphatic heterocycles. The van der Waals surface area contributed by atoms with E-state index in [1.54, 1.807) is 0 Å². The number of hydrogen-bond donors (Lipinski definition) is 2. The van der Waals surface area contributed by atoms with Crippen LogP contribution < -0.4 is 5.32 Å². The maximum Gasteiger partial charge on any atom is 0.123 e. The van der Waals surface area contributed by atoms with Crippen molar-refractivity contribution in [2.45, 2.75) is 39.3 Å². The lowest BCUT2D eigenvalue weighted by Gasteiger charge is -2.27. The first kappa shape index (κ1) is 13.8. The Morgan fingerprint density at radius 2 is 1.95 bits per heavy atom. The van der Waals surface area contributed by atoms with Gasteiger partial charge in [0.1, 0.15) is 5.82 Å². The second kappa shape index (κ2) is 6.53. The van der Waals surface area contributed by atoms with Crippen LogP contribution in [0.4, 0.5) is 0 Å². The van der Waals surface area contributed by atoms with Crippen molar-refractivity contribution in [3.8, 4) is 0 Å². The van der Waals surface area contributed by atoms with Crippen LogP contribution in [0, 0.1) is 5.92 Å². The van der Waals surface area contributed by atoms with E-state index < -0.39 is 0 Å². The fourth-order valence-corrected chi connectivity index (χ4v) is 2.41. The van der Waals surface area contributed by atoms with Crippen molar-refractivity contribution in [2.24, 2.45) is 5.92 Å². The molecule has 2 aromatic rings. The van der Waals surface area contributed by atoms with E-state index in [1.807, 2.05) is 12.4 Å². The molecule has 19 heavy (non-hydrogen) atoms. The van der Waals surface area contributed by atoms with Gasteiger partial charge < -0.3 is 10.3 Å². The van der Waals surface area contributed by atoms with Crippen molar-refractivity contribution < 1.29 is 0 Å². The Bertz CT molecular complexity index is 462. The zero-order chi connectivity index (χ0) is 13.7. The number of nitrogens with one attached hydrogen (secondary N) is 2. The maximum atomic E-state index is 4.38. The van der Waals surface area contributed by atoms with Gasteiger partial charge in [-0.15, -0.1) is 0 Å². The first-order valence-electron chi connectivity index (χ1n) is 7.02. The number of aromatic amines is 1. The van der Waals surface area contributed by atoms with E-state index in [0.29, 0.717) is 12.0 Å². The second-order valence-electron chi connectivity index (χ2n) is 5.23.